The van der Waals surface area contributed by atoms with Gasteiger partial charge in [-0.3, -0.25) is 4.79 Å². The van der Waals surface area contributed by atoms with Crippen LogP contribution < -0.4 is 5.32 Å². The molecule has 1 atom stereocenters. The van der Waals surface area contributed by atoms with Gasteiger partial charge >= 0.3 is 0 Å². The van der Waals surface area contributed by atoms with Crippen molar-refractivity contribution in [3.8, 4) is 11.5 Å². The molecule has 1 heterocycles. The lowest BCUT2D eigenvalue weighted by Gasteiger charge is -2.07. The molecule has 7 heteroatoms. The molecular weight excluding hydrogens is 479 g/mol. The van der Waals surface area contributed by atoms with E-state index < -0.39 is 0 Å². The molecule has 33 heavy (non-hydrogen) atoms. The third kappa shape index (κ3) is 5.41. The van der Waals surface area contributed by atoms with E-state index in [0.29, 0.717) is 49.3 Å². The van der Waals surface area contributed by atoms with Crippen molar-refractivity contribution >= 4 is 63.6 Å². The van der Waals surface area contributed by atoms with E-state index in [1.54, 1.807) is 36.4 Å². The number of hydrogen-bond donors (Lipinski definition) is 1. The number of fused-ring (bicyclic) bond motifs is 1. The Morgan fingerprint density at radius 3 is 2.64 bits per heavy atom. The highest BCUT2D eigenvalue weighted by molar-refractivity contribution is 6.35. The second kappa shape index (κ2) is 10.0. The maximum atomic E-state index is 12.5. The number of halogens is 3. The largest absolute Gasteiger partial charge is 0.436 e. The molecule has 0 saturated heterocycles. The number of oxazole rings is 1. The van der Waals surface area contributed by atoms with Gasteiger partial charge in [-0.05, 0) is 72.0 Å². The van der Waals surface area contributed by atoms with Crippen LogP contribution in [-0.4, -0.2) is 10.9 Å². The van der Waals surface area contributed by atoms with E-state index in [1.165, 1.54) is 11.6 Å². The molecule has 1 unspecified atom stereocenters. The number of nitrogens with one attached hydrogen (secondary N) is 1. The fourth-order valence-electron chi connectivity index (χ4n) is 3.34. The smallest absolute Gasteiger partial charge is 0.248 e. The summed E-state index contributed by atoms with van der Waals surface area (Å²) in [5.74, 6) is 0.556. The molecule has 0 fully saturated rings. The van der Waals surface area contributed by atoms with Crippen LogP contribution in [0, 0.1) is 0 Å². The second-order valence-electron chi connectivity index (χ2n) is 7.74. The summed E-state index contributed by atoms with van der Waals surface area (Å²) >= 11 is 18.4. The number of amides is 1. The molecule has 4 rings (SSSR count). The van der Waals surface area contributed by atoms with Crippen molar-refractivity contribution in [1.82, 2.24) is 4.98 Å². The van der Waals surface area contributed by atoms with E-state index in [4.69, 9.17) is 39.2 Å². The monoisotopic (exact) mass is 498 g/mol. The third-order valence-electron chi connectivity index (χ3n) is 5.44. The number of carbonyl (C=O) groups excluding carboxylic acids is 1. The lowest BCUT2D eigenvalue weighted by atomic mass is 9.98. The molecule has 1 amide bonds. The van der Waals surface area contributed by atoms with Crippen LogP contribution in [0.2, 0.25) is 15.1 Å². The van der Waals surface area contributed by atoms with E-state index in [-0.39, 0.29) is 5.91 Å². The van der Waals surface area contributed by atoms with Crippen molar-refractivity contribution in [2.45, 2.75) is 26.2 Å². The summed E-state index contributed by atoms with van der Waals surface area (Å²) in [5.41, 5.74) is 4.57. The van der Waals surface area contributed by atoms with Crippen LogP contribution in [0.3, 0.4) is 0 Å². The molecular formula is C26H21Cl3N2O2. The van der Waals surface area contributed by atoms with Gasteiger partial charge in [-0.15, -0.1) is 0 Å². The first-order valence-corrected chi connectivity index (χ1v) is 11.6. The van der Waals surface area contributed by atoms with Gasteiger partial charge in [-0.2, -0.15) is 0 Å². The Morgan fingerprint density at radius 2 is 1.88 bits per heavy atom. The first kappa shape index (κ1) is 23.4. The zero-order valence-corrected chi connectivity index (χ0v) is 20.3. The van der Waals surface area contributed by atoms with Gasteiger partial charge in [0.25, 0.3) is 0 Å². The Bertz CT molecular complexity index is 1360. The molecule has 1 N–H and O–H groups in total. The summed E-state index contributed by atoms with van der Waals surface area (Å²) in [5, 5.41) is 4.18. The van der Waals surface area contributed by atoms with Crippen LogP contribution in [0.25, 0.3) is 28.6 Å². The molecule has 0 spiro atoms. The molecule has 0 saturated carbocycles. The van der Waals surface area contributed by atoms with Gasteiger partial charge in [-0.1, -0.05) is 60.8 Å². The highest BCUT2D eigenvalue weighted by atomic mass is 35.5. The van der Waals surface area contributed by atoms with Crippen LogP contribution in [-0.2, 0) is 4.79 Å². The highest BCUT2D eigenvalue weighted by Gasteiger charge is 2.13. The third-order valence-corrected chi connectivity index (χ3v) is 6.33. The van der Waals surface area contributed by atoms with Crippen molar-refractivity contribution in [3.05, 3.63) is 86.9 Å². The van der Waals surface area contributed by atoms with E-state index >= 15 is 0 Å². The maximum absolute atomic E-state index is 12.5. The summed E-state index contributed by atoms with van der Waals surface area (Å²) < 4.78 is 5.94. The Morgan fingerprint density at radius 1 is 1.06 bits per heavy atom. The van der Waals surface area contributed by atoms with Gasteiger partial charge in [0.15, 0.2) is 5.58 Å². The van der Waals surface area contributed by atoms with Crippen LogP contribution >= 0.6 is 34.8 Å². The molecule has 1 aromatic heterocycles. The van der Waals surface area contributed by atoms with Gasteiger partial charge in [0, 0.05) is 21.7 Å². The van der Waals surface area contributed by atoms with Crippen molar-refractivity contribution in [2.75, 3.05) is 5.32 Å². The summed E-state index contributed by atoms with van der Waals surface area (Å²) in [6.07, 6.45) is 4.05. The highest BCUT2D eigenvalue weighted by Crippen LogP contribution is 2.32. The molecule has 0 radical (unpaired) electrons. The van der Waals surface area contributed by atoms with Crippen LogP contribution in [0.4, 0.5) is 5.69 Å². The number of rotatable bonds is 6. The van der Waals surface area contributed by atoms with E-state index in [0.717, 1.165) is 11.9 Å². The van der Waals surface area contributed by atoms with Gasteiger partial charge in [0.1, 0.15) is 5.52 Å². The Balaban J connectivity index is 1.56. The molecule has 168 valence electrons. The predicted molar refractivity (Wildman–Crippen MR) is 137 cm³/mol. The topological polar surface area (TPSA) is 55.1 Å². The first-order chi connectivity index (χ1) is 15.8. The lowest BCUT2D eigenvalue weighted by Crippen LogP contribution is -2.08. The zero-order chi connectivity index (χ0) is 23.5. The quantitative estimate of drug-likeness (QED) is 0.270. The fraction of sp³-hybridized carbons (Fsp3) is 0.154. The van der Waals surface area contributed by atoms with E-state index in [1.807, 2.05) is 12.1 Å². The van der Waals surface area contributed by atoms with Gasteiger partial charge < -0.3 is 9.73 Å². The average molecular weight is 500 g/mol. The van der Waals surface area contributed by atoms with Gasteiger partial charge in [0.05, 0.1) is 10.7 Å². The maximum Gasteiger partial charge on any atom is 0.248 e. The van der Waals surface area contributed by atoms with Crippen molar-refractivity contribution in [3.63, 3.8) is 0 Å². The fourth-order valence-corrected chi connectivity index (χ4v) is 3.98. The number of nitrogens with zero attached hydrogens (tertiary/aromatic N) is 1. The summed E-state index contributed by atoms with van der Waals surface area (Å²) in [4.78, 5) is 17.1. The minimum absolute atomic E-state index is 0.351. The van der Waals surface area contributed by atoms with Crippen molar-refractivity contribution in [2.24, 2.45) is 0 Å². The predicted octanol–water partition coefficient (Wildman–Crippen LogP) is 8.62. The summed E-state index contributed by atoms with van der Waals surface area (Å²) in [7, 11) is 0. The van der Waals surface area contributed by atoms with Crippen LogP contribution in [0.1, 0.15) is 37.3 Å². The summed E-state index contributed by atoms with van der Waals surface area (Å²) in [6, 6.07) is 16.4. The van der Waals surface area contributed by atoms with Gasteiger partial charge in [0.2, 0.25) is 11.8 Å². The molecule has 0 aliphatic carbocycles. The van der Waals surface area contributed by atoms with Crippen molar-refractivity contribution in [1.29, 1.82) is 0 Å². The Hall–Kier alpha value is -2.79. The molecule has 4 nitrogen and oxygen atoms in total. The first-order valence-electron chi connectivity index (χ1n) is 10.5. The van der Waals surface area contributed by atoms with E-state index in [9.17, 15) is 4.79 Å². The number of carbonyl (C=O) groups is 1. The molecule has 0 aliphatic rings. The van der Waals surface area contributed by atoms with Crippen molar-refractivity contribution < 1.29 is 9.21 Å². The summed E-state index contributed by atoms with van der Waals surface area (Å²) in [6.45, 7) is 4.34. The Kier molecular flexibility index (Phi) is 7.08. The number of aromatic nitrogens is 1. The minimum Gasteiger partial charge on any atom is -0.436 e. The molecule has 0 aliphatic heterocycles. The lowest BCUT2D eigenvalue weighted by molar-refractivity contribution is -0.111. The Labute approximate surface area is 207 Å². The number of benzene rings is 3. The van der Waals surface area contributed by atoms with Crippen LogP contribution in [0.5, 0.6) is 0 Å². The number of anilines is 1. The average Bonchev–Trinajstić information content (AvgIpc) is 3.23. The standard InChI is InChI=1S/C26H21Cl3N2O2/c1-3-15(2)17-6-10-24-23(12-17)31-26(33-24)18-5-9-20(28)22(13-18)30-25(32)11-7-16-4-8-19(27)14-21(16)29/h4-15H,3H2,1-2H3,(H,30,32). The molecule has 4 aromatic rings. The molecule has 0 bridgehead atoms. The van der Waals surface area contributed by atoms with E-state index in [2.05, 4.69) is 36.3 Å². The second-order valence-corrected chi connectivity index (χ2v) is 8.99. The zero-order valence-electron chi connectivity index (χ0n) is 18.0. The molecule has 3 aromatic carbocycles. The minimum atomic E-state index is -0.351. The number of hydrogen-bond acceptors (Lipinski definition) is 3. The van der Waals surface area contributed by atoms with Gasteiger partial charge in [-0.25, -0.2) is 4.98 Å². The SMILES string of the molecule is CCC(C)c1ccc2oc(-c3ccc(Cl)c(NC(=O)C=Cc4ccc(Cl)cc4Cl)c3)nc2c1. The van der Waals surface area contributed by atoms with Crippen LogP contribution in [0.15, 0.2) is 65.1 Å². The normalized spacial score (nSPS) is 12.4.